The summed E-state index contributed by atoms with van der Waals surface area (Å²) in [7, 11) is 0. The molecule has 2 aromatic rings. The minimum atomic E-state index is -0.212. The van der Waals surface area contributed by atoms with Gasteiger partial charge in [0, 0.05) is 6.54 Å². The van der Waals surface area contributed by atoms with Crippen molar-refractivity contribution in [2.24, 2.45) is 0 Å². The number of H-pyrrole nitrogens is 1. The van der Waals surface area contributed by atoms with Crippen LogP contribution in [0.1, 0.15) is 36.2 Å². The summed E-state index contributed by atoms with van der Waals surface area (Å²) in [4.78, 5) is 22.4. The molecule has 3 heterocycles. The zero-order chi connectivity index (χ0) is 15.5. The molecule has 2 N–H and O–H groups in total. The fourth-order valence-corrected chi connectivity index (χ4v) is 2.52. The maximum absolute atomic E-state index is 12.4. The highest BCUT2D eigenvalue weighted by Crippen LogP contribution is 2.30. The van der Waals surface area contributed by atoms with Gasteiger partial charge in [0.25, 0.3) is 0 Å². The van der Waals surface area contributed by atoms with Gasteiger partial charge in [-0.15, -0.1) is 0 Å². The van der Waals surface area contributed by atoms with Gasteiger partial charge < -0.3 is 10.2 Å². The molecule has 22 heavy (non-hydrogen) atoms. The van der Waals surface area contributed by atoms with Crippen LogP contribution in [0.2, 0.25) is 0 Å². The quantitative estimate of drug-likeness (QED) is 0.877. The number of aromatic nitrogens is 4. The summed E-state index contributed by atoms with van der Waals surface area (Å²) in [5, 5.41) is 18.5. The lowest BCUT2D eigenvalue weighted by molar-refractivity contribution is 0.205. The van der Waals surface area contributed by atoms with Crippen LogP contribution in [0.4, 0.5) is 10.5 Å². The van der Waals surface area contributed by atoms with Gasteiger partial charge >= 0.3 is 6.03 Å². The summed E-state index contributed by atoms with van der Waals surface area (Å²) in [6.45, 7) is 2.49. The molecule has 2 aromatic heterocycles. The van der Waals surface area contributed by atoms with Gasteiger partial charge in [0.05, 0.1) is 17.9 Å². The molecule has 1 atom stereocenters. The highest BCUT2D eigenvalue weighted by molar-refractivity contribution is 5.89. The minimum absolute atomic E-state index is 0.115. The molecule has 0 aliphatic carbocycles. The number of hydrogen-bond acceptors (Lipinski definition) is 5. The molecule has 1 aliphatic heterocycles. The van der Waals surface area contributed by atoms with Crippen LogP contribution in [-0.2, 0) is 0 Å². The third kappa shape index (κ3) is 2.74. The number of amides is 2. The third-order valence-corrected chi connectivity index (χ3v) is 3.56. The van der Waals surface area contributed by atoms with Crippen LogP contribution in [-0.4, -0.2) is 37.6 Å². The van der Waals surface area contributed by atoms with Gasteiger partial charge in [-0.25, -0.2) is 14.8 Å². The number of rotatable bonds is 2. The van der Waals surface area contributed by atoms with E-state index in [1.807, 2.05) is 13.0 Å². The van der Waals surface area contributed by atoms with Gasteiger partial charge in [-0.3, -0.25) is 5.10 Å². The van der Waals surface area contributed by atoms with E-state index in [0.29, 0.717) is 23.8 Å². The summed E-state index contributed by atoms with van der Waals surface area (Å²) in [6, 6.07) is 4.84. The predicted molar refractivity (Wildman–Crippen MR) is 77.8 cm³/mol. The topological polar surface area (TPSA) is 111 Å². The second-order valence-electron chi connectivity index (χ2n) is 5.10. The van der Waals surface area contributed by atoms with Crippen LogP contribution in [0.5, 0.6) is 0 Å². The Morgan fingerprint density at radius 2 is 2.41 bits per heavy atom. The first-order chi connectivity index (χ1) is 10.7. The minimum Gasteiger partial charge on any atom is -0.314 e. The largest absolute Gasteiger partial charge is 0.322 e. The molecule has 1 saturated heterocycles. The summed E-state index contributed by atoms with van der Waals surface area (Å²) in [5.74, 6) is 1.38. The highest BCUT2D eigenvalue weighted by Gasteiger charge is 2.32. The lowest BCUT2D eigenvalue weighted by Gasteiger charge is -2.22. The van der Waals surface area contributed by atoms with Crippen molar-refractivity contribution in [3.05, 3.63) is 35.7 Å². The lowest BCUT2D eigenvalue weighted by atomic mass is 10.2. The van der Waals surface area contributed by atoms with E-state index in [0.717, 1.165) is 18.7 Å². The van der Waals surface area contributed by atoms with Crippen molar-refractivity contribution in [1.82, 2.24) is 25.1 Å². The van der Waals surface area contributed by atoms with Crippen molar-refractivity contribution in [2.45, 2.75) is 25.8 Å². The van der Waals surface area contributed by atoms with Gasteiger partial charge in [0.15, 0.2) is 5.82 Å². The van der Waals surface area contributed by atoms with Gasteiger partial charge in [0.1, 0.15) is 17.6 Å². The molecule has 0 saturated carbocycles. The maximum atomic E-state index is 12.4. The van der Waals surface area contributed by atoms with Crippen LogP contribution >= 0.6 is 0 Å². The standard InChI is InChI=1S/C14H15N7O/c1-9-17-13(20-19-9)12-3-2-6-21(12)14(22)18-11-5-4-10(7-15)16-8-11/h4-5,8,12H,2-3,6H2,1H3,(H,18,22)(H,17,19,20)/t12-/m0/s1. The van der Waals surface area contributed by atoms with E-state index in [2.05, 4.69) is 25.5 Å². The molecule has 8 heteroatoms. The second-order valence-corrected chi connectivity index (χ2v) is 5.10. The number of nitriles is 1. The third-order valence-electron chi connectivity index (χ3n) is 3.56. The fraction of sp³-hybridized carbons (Fsp3) is 0.357. The summed E-state index contributed by atoms with van der Waals surface area (Å²) in [5.41, 5.74) is 0.870. The number of aryl methyl sites for hydroxylation is 1. The van der Waals surface area contributed by atoms with Crippen molar-refractivity contribution < 1.29 is 4.79 Å². The number of carbonyl (C=O) groups excluding carboxylic acids is 1. The van der Waals surface area contributed by atoms with E-state index in [4.69, 9.17) is 5.26 Å². The van der Waals surface area contributed by atoms with Gasteiger partial charge in [-0.2, -0.15) is 10.4 Å². The fourth-order valence-electron chi connectivity index (χ4n) is 2.52. The van der Waals surface area contributed by atoms with Gasteiger partial charge in [0.2, 0.25) is 0 Å². The molecule has 0 bridgehead atoms. The van der Waals surface area contributed by atoms with Crippen molar-refractivity contribution in [3.63, 3.8) is 0 Å². The molecular formula is C14H15N7O. The first-order valence-corrected chi connectivity index (χ1v) is 7.00. The van der Waals surface area contributed by atoms with E-state index in [1.54, 1.807) is 17.0 Å². The summed E-state index contributed by atoms with van der Waals surface area (Å²) < 4.78 is 0. The van der Waals surface area contributed by atoms with Crippen molar-refractivity contribution >= 4 is 11.7 Å². The smallest absolute Gasteiger partial charge is 0.314 e. The molecule has 8 nitrogen and oxygen atoms in total. The van der Waals surface area contributed by atoms with E-state index < -0.39 is 0 Å². The second kappa shape index (κ2) is 5.81. The van der Waals surface area contributed by atoms with Crippen LogP contribution in [0.15, 0.2) is 18.3 Å². The summed E-state index contributed by atoms with van der Waals surface area (Å²) >= 11 is 0. The number of likely N-dealkylation sites (tertiary alicyclic amines) is 1. The first kappa shape index (κ1) is 14.0. The Kier molecular flexibility index (Phi) is 3.70. The normalized spacial score (nSPS) is 17.3. The molecule has 1 aliphatic rings. The van der Waals surface area contributed by atoms with Crippen molar-refractivity contribution in [3.8, 4) is 6.07 Å². The molecule has 0 unspecified atom stereocenters. The Labute approximate surface area is 127 Å². The van der Waals surface area contributed by atoms with E-state index in [1.165, 1.54) is 6.20 Å². The van der Waals surface area contributed by atoms with E-state index in [-0.39, 0.29) is 12.1 Å². The summed E-state index contributed by atoms with van der Waals surface area (Å²) in [6.07, 6.45) is 3.23. The Bertz CT molecular complexity index is 716. The Hall–Kier alpha value is -2.95. The predicted octanol–water partition coefficient (Wildman–Crippen LogP) is 1.75. The lowest BCUT2D eigenvalue weighted by Crippen LogP contribution is -2.34. The van der Waals surface area contributed by atoms with Crippen LogP contribution in [0.3, 0.4) is 0 Å². The number of nitrogens with zero attached hydrogens (tertiary/aromatic N) is 5. The Morgan fingerprint density at radius 3 is 3.05 bits per heavy atom. The molecule has 0 aromatic carbocycles. The van der Waals surface area contributed by atoms with Crippen molar-refractivity contribution in [2.75, 3.05) is 11.9 Å². The van der Waals surface area contributed by atoms with Crippen LogP contribution < -0.4 is 5.32 Å². The van der Waals surface area contributed by atoms with E-state index in [9.17, 15) is 4.79 Å². The van der Waals surface area contributed by atoms with Crippen LogP contribution in [0.25, 0.3) is 0 Å². The average Bonchev–Trinajstić information content (AvgIpc) is 3.16. The van der Waals surface area contributed by atoms with Gasteiger partial charge in [-0.1, -0.05) is 0 Å². The molecular weight excluding hydrogens is 282 g/mol. The van der Waals surface area contributed by atoms with Crippen LogP contribution in [0, 0.1) is 18.3 Å². The Morgan fingerprint density at radius 1 is 1.55 bits per heavy atom. The zero-order valence-corrected chi connectivity index (χ0v) is 12.1. The number of carbonyl (C=O) groups is 1. The Balaban J connectivity index is 1.72. The monoisotopic (exact) mass is 297 g/mol. The maximum Gasteiger partial charge on any atom is 0.322 e. The number of aromatic amines is 1. The molecule has 0 radical (unpaired) electrons. The molecule has 3 rings (SSSR count). The van der Waals surface area contributed by atoms with Crippen molar-refractivity contribution in [1.29, 1.82) is 5.26 Å². The van der Waals surface area contributed by atoms with E-state index >= 15 is 0 Å². The molecule has 112 valence electrons. The number of urea groups is 1. The number of anilines is 1. The zero-order valence-electron chi connectivity index (χ0n) is 12.1. The highest BCUT2D eigenvalue weighted by atomic mass is 16.2. The average molecular weight is 297 g/mol. The molecule has 2 amide bonds. The SMILES string of the molecule is Cc1nc([C@@H]2CCCN2C(=O)Nc2ccc(C#N)nc2)n[nH]1. The first-order valence-electron chi connectivity index (χ1n) is 7.00. The van der Waals surface area contributed by atoms with Gasteiger partial charge in [-0.05, 0) is 31.9 Å². The number of pyridine rings is 1. The molecule has 1 fully saturated rings. The number of hydrogen-bond donors (Lipinski definition) is 2. The number of nitrogens with one attached hydrogen (secondary N) is 2. The molecule has 0 spiro atoms.